The predicted molar refractivity (Wildman–Crippen MR) is 177 cm³/mol. The van der Waals surface area contributed by atoms with Crippen LogP contribution >= 0.6 is 0 Å². The van der Waals surface area contributed by atoms with Crippen LogP contribution in [0.3, 0.4) is 0 Å². The molecular formula is C32H64N8O4. The van der Waals surface area contributed by atoms with Gasteiger partial charge in [-0.15, -0.1) is 0 Å². The number of carbonyl (C=O) groups is 4. The summed E-state index contributed by atoms with van der Waals surface area (Å²) in [5, 5.41) is 0. The number of hydrogen-bond acceptors (Lipinski definition) is 8. The Hall–Kier alpha value is -2.28. The van der Waals surface area contributed by atoms with E-state index in [-0.39, 0.29) is 23.6 Å². The van der Waals surface area contributed by atoms with E-state index in [2.05, 4.69) is 19.6 Å². The lowest BCUT2D eigenvalue weighted by Crippen LogP contribution is -2.52. The molecule has 12 heteroatoms. The van der Waals surface area contributed by atoms with Gasteiger partial charge in [0.15, 0.2) is 0 Å². The molecular weight excluding hydrogens is 560 g/mol. The Bertz CT molecular complexity index is 692. The first-order valence-corrected chi connectivity index (χ1v) is 17.1. The van der Waals surface area contributed by atoms with E-state index < -0.39 is 0 Å². The van der Waals surface area contributed by atoms with E-state index in [0.717, 1.165) is 0 Å². The van der Waals surface area contributed by atoms with Crippen LogP contribution in [-0.4, -0.2) is 194 Å². The highest BCUT2D eigenvalue weighted by Crippen LogP contribution is 2.05. The van der Waals surface area contributed by atoms with Crippen molar-refractivity contribution in [3.63, 3.8) is 0 Å². The average Bonchev–Trinajstić information content (AvgIpc) is 3.00. The lowest BCUT2D eigenvalue weighted by atomic mass is 10.3. The molecule has 0 aliphatic carbocycles. The Morgan fingerprint density at radius 2 is 0.477 bits per heavy atom. The van der Waals surface area contributed by atoms with Crippen LogP contribution in [0.2, 0.25) is 0 Å². The molecule has 44 heavy (non-hydrogen) atoms. The third-order valence-corrected chi connectivity index (χ3v) is 8.83. The summed E-state index contributed by atoms with van der Waals surface area (Å²) in [6.45, 7) is 27.6. The van der Waals surface area contributed by atoms with Gasteiger partial charge in [0.25, 0.3) is 0 Å². The molecule has 256 valence electrons. The number of hydrogen-bond donors (Lipinski definition) is 0. The smallest absolute Gasteiger partial charge is 0.236 e. The minimum absolute atomic E-state index is 0.0970. The highest BCUT2D eigenvalue weighted by Gasteiger charge is 2.24. The molecule has 0 N–H and O–H groups in total. The minimum atomic E-state index is 0.0970. The molecule has 0 atom stereocenters. The van der Waals surface area contributed by atoms with Crippen LogP contribution in [0.25, 0.3) is 0 Å². The lowest BCUT2D eigenvalue weighted by Gasteiger charge is -2.35. The molecule has 1 saturated heterocycles. The number of rotatable bonds is 16. The van der Waals surface area contributed by atoms with E-state index >= 15 is 0 Å². The van der Waals surface area contributed by atoms with E-state index in [0.29, 0.717) is 131 Å². The van der Waals surface area contributed by atoms with Crippen molar-refractivity contribution in [2.75, 3.05) is 131 Å². The zero-order valence-electron chi connectivity index (χ0n) is 29.4. The van der Waals surface area contributed by atoms with Gasteiger partial charge in [-0.25, -0.2) is 0 Å². The van der Waals surface area contributed by atoms with E-state index in [1.54, 1.807) is 0 Å². The molecule has 1 aliphatic heterocycles. The number of carbonyl (C=O) groups excluding carboxylic acids is 4. The van der Waals surface area contributed by atoms with Crippen LogP contribution in [0.5, 0.6) is 0 Å². The van der Waals surface area contributed by atoms with Gasteiger partial charge in [0.05, 0.1) is 26.2 Å². The molecule has 1 heterocycles. The molecule has 0 aromatic rings. The SMILES string of the molecule is CCN(CC)C(=O)CN1CCN(CC(=O)N(CC)CC)CCN(CC(=O)N(CC)CC)CCN(CC(=O)N(CC)CC)CC1. The van der Waals surface area contributed by atoms with Crippen molar-refractivity contribution in [1.82, 2.24) is 39.2 Å². The standard InChI is InChI=1S/C32H64N8O4/c1-9-37(10-2)29(41)25-33-17-19-34(26-30(42)38(11-3)12-4)21-23-36(28-32(44)40(15-7)16-8)24-22-35(20-18-33)27-31(43)39(13-5)14-6/h9-28H2,1-8H3. The Balaban J connectivity index is 3.30. The maximum absolute atomic E-state index is 13.1. The second-order valence-corrected chi connectivity index (χ2v) is 11.4. The Kier molecular flexibility index (Phi) is 20.1. The fourth-order valence-corrected chi connectivity index (χ4v) is 5.68. The topological polar surface area (TPSA) is 94.2 Å². The third kappa shape index (κ3) is 13.8. The van der Waals surface area contributed by atoms with Gasteiger partial charge >= 0.3 is 0 Å². The summed E-state index contributed by atoms with van der Waals surface area (Å²) >= 11 is 0. The van der Waals surface area contributed by atoms with E-state index in [9.17, 15) is 19.2 Å². The van der Waals surface area contributed by atoms with Gasteiger partial charge in [0.1, 0.15) is 0 Å². The minimum Gasteiger partial charge on any atom is -0.342 e. The van der Waals surface area contributed by atoms with Crippen LogP contribution in [-0.2, 0) is 19.2 Å². The molecule has 1 aliphatic rings. The van der Waals surface area contributed by atoms with Crippen molar-refractivity contribution in [2.45, 2.75) is 55.4 Å². The number of likely N-dealkylation sites (N-methyl/N-ethyl adjacent to an activating group) is 4. The molecule has 0 unspecified atom stereocenters. The zero-order chi connectivity index (χ0) is 33.1. The number of nitrogens with zero attached hydrogens (tertiary/aromatic N) is 8. The Morgan fingerprint density at radius 3 is 0.591 bits per heavy atom. The van der Waals surface area contributed by atoms with Gasteiger partial charge in [0, 0.05) is 105 Å². The zero-order valence-corrected chi connectivity index (χ0v) is 29.4. The van der Waals surface area contributed by atoms with Crippen LogP contribution in [0.15, 0.2) is 0 Å². The molecule has 0 bridgehead atoms. The molecule has 0 saturated carbocycles. The van der Waals surface area contributed by atoms with Gasteiger partial charge in [-0.1, -0.05) is 0 Å². The lowest BCUT2D eigenvalue weighted by molar-refractivity contribution is -0.134. The fraction of sp³-hybridized carbons (Fsp3) is 0.875. The average molecular weight is 625 g/mol. The maximum atomic E-state index is 13.1. The molecule has 0 aromatic heterocycles. The van der Waals surface area contributed by atoms with Crippen molar-refractivity contribution in [2.24, 2.45) is 0 Å². The first-order valence-electron chi connectivity index (χ1n) is 17.1. The van der Waals surface area contributed by atoms with E-state index in [1.807, 2.05) is 75.0 Å². The molecule has 4 amide bonds. The molecule has 0 spiro atoms. The summed E-state index contributed by atoms with van der Waals surface area (Å²) in [5.74, 6) is 0.388. The second-order valence-electron chi connectivity index (χ2n) is 11.4. The normalized spacial score (nSPS) is 16.5. The van der Waals surface area contributed by atoms with Crippen molar-refractivity contribution >= 4 is 23.6 Å². The molecule has 1 rings (SSSR count). The monoisotopic (exact) mass is 625 g/mol. The summed E-state index contributed by atoms with van der Waals surface area (Å²) in [6, 6.07) is 0. The quantitative estimate of drug-likeness (QED) is 0.248. The summed E-state index contributed by atoms with van der Waals surface area (Å²) in [7, 11) is 0. The summed E-state index contributed by atoms with van der Waals surface area (Å²) in [6.07, 6.45) is 0. The van der Waals surface area contributed by atoms with Gasteiger partial charge in [-0.2, -0.15) is 0 Å². The highest BCUT2D eigenvalue weighted by molar-refractivity contribution is 5.79. The van der Waals surface area contributed by atoms with Gasteiger partial charge < -0.3 is 19.6 Å². The van der Waals surface area contributed by atoms with Gasteiger partial charge in [-0.05, 0) is 55.4 Å². The molecule has 1 fully saturated rings. The second kappa shape index (κ2) is 22.3. The van der Waals surface area contributed by atoms with Crippen LogP contribution < -0.4 is 0 Å². The van der Waals surface area contributed by atoms with Crippen LogP contribution in [0.4, 0.5) is 0 Å². The first kappa shape index (κ1) is 39.7. The van der Waals surface area contributed by atoms with Crippen LogP contribution in [0.1, 0.15) is 55.4 Å². The Labute approximate surface area is 268 Å². The van der Waals surface area contributed by atoms with Crippen molar-refractivity contribution < 1.29 is 19.2 Å². The first-order chi connectivity index (χ1) is 21.1. The summed E-state index contributed by atoms with van der Waals surface area (Å²) in [5.41, 5.74) is 0. The molecule has 0 aromatic carbocycles. The highest BCUT2D eigenvalue weighted by atomic mass is 16.2. The largest absolute Gasteiger partial charge is 0.342 e. The van der Waals surface area contributed by atoms with E-state index in [1.165, 1.54) is 0 Å². The Morgan fingerprint density at radius 1 is 0.341 bits per heavy atom. The maximum Gasteiger partial charge on any atom is 0.236 e. The molecule has 0 radical (unpaired) electrons. The summed E-state index contributed by atoms with van der Waals surface area (Å²) < 4.78 is 0. The van der Waals surface area contributed by atoms with Crippen molar-refractivity contribution in [1.29, 1.82) is 0 Å². The summed E-state index contributed by atoms with van der Waals surface area (Å²) in [4.78, 5) is 68.7. The van der Waals surface area contributed by atoms with Crippen molar-refractivity contribution in [3.05, 3.63) is 0 Å². The van der Waals surface area contributed by atoms with Crippen LogP contribution in [0, 0.1) is 0 Å². The van der Waals surface area contributed by atoms with E-state index in [4.69, 9.17) is 0 Å². The van der Waals surface area contributed by atoms with Crippen molar-refractivity contribution in [3.8, 4) is 0 Å². The predicted octanol–water partition coefficient (Wildman–Crippen LogP) is 0.682. The molecule has 12 nitrogen and oxygen atoms in total. The number of amides is 4. The van der Waals surface area contributed by atoms with Gasteiger partial charge in [-0.3, -0.25) is 38.8 Å². The fourth-order valence-electron chi connectivity index (χ4n) is 5.68. The third-order valence-electron chi connectivity index (χ3n) is 8.83. The van der Waals surface area contributed by atoms with Gasteiger partial charge in [0.2, 0.25) is 23.6 Å².